The smallest absolute Gasteiger partial charge is 0.119 e. The van der Waals surface area contributed by atoms with Crippen molar-refractivity contribution in [1.82, 2.24) is 0 Å². The van der Waals surface area contributed by atoms with Crippen LogP contribution < -0.4 is 9.47 Å². The average Bonchev–Trinajstić information content (AvgIpc) is 2.79. The minimum Gasteiger partial charge on any atom is -0.497 e. The summed E-state index contributed by atoms with van der Waals surface area (Å²) in [6.45, 7) is 2.28. The summed E-state index contributed by atoms with van der Waals surface area (Å²) in [6.07, 6.45) is 3.00. The number of methoxy groups -OCH3 is 2. The molecule has 1 atom stereocenters. The third-order valence-corrected chi connectivity index (χ3v) is 6.00. The molecule has 29 heavy (non-hydrogen) atoms. The van der Waals surface area contributed by atoms with Gasteiger partial charge in [0.15, 0.2) is 0 Å². The van der Waals surface area contributed by atoms with Crippen molar-refractivity contribution in [1.29, 1.82) is 0 Å². The van der Waals surface area contributed by atoms with Gasteiger partial charge in [-0.05, 0) is 71.4 Å². The quantitative estimate of drug-likeness (QED) is 0.486. The molecule has 0 saturated heterocycles. The lowest BCUT2D eigenvalue weighted by molar-refractivity contribution is 0.414. The standard InChI is InChI=1S/C27H28O2/c1-4-24-25(20-10-13-22(28-2)14-11-20)17-21-12-15-23(29-3)18-26(21)27(24)16-19-8-6-5-7-9-19/h5-15,18,25H,4,16-17H2,1-3H3. The van der Waals surface area contributed by atoms with Crippen molar-refractivity contribution in [2.24, 2.45) is 0 Å². The minimum atomic E-state index is 0.394. The van der Waals surface area contributed by atoms with Gasteiger partial charge in [0.2, 0.25) is 0 Å². The fourth-order valence-corrected chi connectivity index (χ4v) is 4.49. The number of hydrogen-bond acceptors (Lipinski definition) is 2. The summed E-state index contributed by atoms with van der Waals surface area (Å²) in [4.78, 5) is 0. The molecule has 0 amide bonds. The molecule has 0 N–H and O–H groups in total. The van der Waals surface area contributed by atoms with Gasteiger partial charge in [-0.1, -0.05) is 61.0 Å². The van der Waals surface area contributed by atoms with Gasteiger partial charge >= 0.3 is 0 Å². The molecule has 0 aromatic heterocycles. The topological polar surface area (TPSA) is 18.5 Å². The van der Waals surface area contributed by atoms with E-state index in [1.165, 1.54) is 33.4 Å². The van der Waals surface area contributed by atoms with Crippen molar-refractivity contribution in [3.05, 3.63) is 101 Å². The highest BCUT2D eigenvalue weighted by molar-refractivity contribution is 5.77. The summed E-state index contributed by atoms with van der Waals surface area (Å²) in [5, 5.41) is 0. The largest absolute Gasteiger partial charge is 0.497 e. The molecular formula is C27H28O2. The van der Waals surface area contributed by atoms with Crippen LogP contribution in [0, 0.1) is 0 Å². The second kappa shape index (κ2) is 8.57. The first kappa shape index (κ1) is 19.3. The highest BCUT2D eigenvalue weighted by atomic mass is 16.5. The lowest BCUT2D eigenvalue weighted by atomic mass is 9.73. The van der Waals surface area contributed by atoms with Crippen LogP contribution in [0.4, 0.5) is 0 Å². The lowest BCUT2D eigenvalue weighted by Crippen LogP contribution is -2.16. The van der Waals surface area contributed by atoms with Gasteiger partial charge in [0, 0.05) is 5.92 Å². The predicted molar refractivity (Wildman–Crippen MR) is 120 cm³/mol. The number of hydrogen-bond donors (Lipinski definition) is 0. The molecule has 0 fully saturated rings. The van der Waals surface area contributed by atoms with E-state index < -0.39 is 0 Å². The van der Waals surface area contributed by atoms with Gasteiger partial charge in [-0.3, -0.25) is 0 Å². The Hall–Kier alpha value is -3.00. The second-order valence-electron chi connectivity index (χ2n) is 7.57. The first-order valence-electron chi connectivity index (χ1n) is 10.3. The number of ether oxygens (including phenoxy) is 2. The van der Waals surface area contributed by atoms with Gasteiger partial charge in [-0.2, -0.15) is 0 Å². The van der Waals surface area contributed by atoms with E-state index in [0.29, 0.717) is 5.92 Å². The number of rotatable bonds is 6. The molecule has 3 aromatic carbocycles. The fraction of sp³-hybridized carbons (Fsp3) is 0.259. The van der Waals surface area contributed by atoms with E-state index >= 15 is 0 Å². The van der Waals surface area contributed by atoms with E-state index in [0.717, 1.165) is 30.8 Å². The Bertz CT molecular complexity index is 1000. The van der Waals surface area contributed by atoms with Crippen LogP contribution in [0.15, 0.2) is 78.4 Å². The minimum absolute atomic E-state index is 0.394. The molecule has 148 valence electrons. The molecule has 2 heteroatoms. The Labute approximate surface area is 173 Å². The molecule has 2 nitrogen and oxygen atoms in total. The highest BCUT2D eigenvalue weighted by Crippen LogP contribution is 2.44. The third-order valence-electron chi connectivity index (χ3n) is 6.00. The number of allylic oxidation sites excluding steroid dienone is 2. The predicted octanol–water partition coefficient (Wildman–Crippen LogP) is 6.45. The highest BCUT2D eigenvalue weighted by Gasteiger charge is 2.28. The summed E-state index contributed by atoms with van der Waals surface area (Å²) in [7, 11) is 3.46. The summed E-state index contributed by atoms with van der Waals surface area (Å²) >= 11 is 0. The van der Waals surface area contributed by atoms with Crippen LogP contribution in [-0.2, 0) is 12.8 Å². The molecule has 3 aromatic rings. The van der Waals surface area contributed by atoms with Crippen LogP contribution in [0.1, 0.15) is 41.5 Å². The van der Waals surface area contributed by atoms with Crippen molar-refractivity contribution in [3.8, 4) is 11.5 Å². The average molecular weight is 385 g/mol. The zero-order valence-electron chi connectivity index (χ0n) is 17.4. The van der Waals surface area contributed by atoms with Gasteiger partial charge in [0.1, 0.15) is 11.5 Å². The Kier molecular flexibility index (Phi) is 5.71. The van der Waals surface area contributed by atoms with Crippen molar-refractivity contribution in [2.45, 2.75) is 32.1 Å². The molecule has 1 aliphatic rings. The normalized spacial score (nSPS) is 15.8. The van der Waals surface area contributed by atoms with E-state index in [1.807, 2.05) is 0 Å². The summed E-state index contributed by atoms with van der Waals surface area (Å²) in [5.74, 6) is 2.22. The third kappa shape index (κ3) is 3.93. The van der Waals surface area contributed by atoms with Gasteiger partial charge in [-0.15, -0.1) is 0 Å². The van der Waals surface area contributed by atoms with Crippen molar-refractivity contribution in [2.75, 3.05) is 14.2 Å². The van der Waals surface area contributed by atoms with Crippen LogP contribution in [-0.4, -0.2) is 14.2 Å². The van der Waals surface area contributed by atoms with Crippen LogP contribution in [0.5, 0.6) is 11.5 Å². The van der Waals surface area contributed by atoms with Gasteiger partial charge < -0.3 is 9.47 Å². The molecule has 0 bridgehead atoms. The molecule has 0 saturated carbocycles. The molecule has 4 rings (SSSR count). The van der Waals surface area contributed by atoms with E-state index in [4.69, 9.17) is 9.47 Å². The lowest BCUT2D eigenvalue weighted by Gasteiger charge is -2.31. The Morgan fingerprint density at radius 3 is 2.17 bits per heavy atom. The Morgan fingerprint density at radius 2 is 1.52 bits per heavy atom. The Morgan fingerprint density at radius 1 is 0.828 bits per heavy atom. The maximum Gasteiger partial charge on any atom is 0.119 e. The van der Waals surface area contributed by atoms with E-state index in [-0.39, 0.29) is 0 Å². The maximum absolute atomic E-state index is 5.55. The van der Waals surface area contributed by atoms with Crippen LogP contribution in [0.3, 0.4) is 0 Å². The van der Waals surface area contributed by atoms with Crippen LogP contribution >= 0.6 is 0 Å². The number of fused-ring (bicyclic) bond motifs is 1. The first-order valence-corrected chi connectivity index (χ1v) is 10.3. The Balaban J connectivity index is 1.84. The molecule has 1 aliphatic carbocycles. The van der Waals surface area contributed by atoms with E-state index in [9.17, 15) is 0 Å². The van der Waals surface area contributed by atoms with Crippen molar-refractivity contribution >= 4 is 5.57 Å². The molecule has 0 aliphatic heterocycles. The van der Waals surface area contributed by atoms with E-state index in [2.05, 4.69) is 79.7 Å². The van der Waals surface area contributed by atoms with Crippen LogP contribution in [0.2, 0.25) is 0 Å². The molecular weight excluding hydrogens is 356 g/mol. The van der Waals surface area contributed by atoms with Crippen molar-refractivity contribution in [3.63, 3.8) is 0 Å². The molecule has 0 heterocycles. The van der Waals surface area contributed by atoms with Gasteiger partial charge in [0.25, 0.3) is 0 Å². The number of benzene rings is 3. The van der Waals surface area contributed by atoms with Crippen molar-refractivity contribution < 1.29 is 9.47 Å². The maximum atomic E-state index is 5.55. The van der Waals surface area contributed by atoms with Crippen LogP contribution in [0.25, 0.3) is 5.57 Å². The van der Waals surface area contributed by atoms with Gasteiger partial charge in [-0.25, -0.2) is 0 Å². The monoisotopic (exact) mass is 384 g/mol. The SMILES string of the molecule is CCC1=C(Cc2ccccc2)c2cc(OC)ccc2CC1c1ccc(OC)cc1. The first-order chi connectivity index (χ1) is 14.2. The zero-order valence-corrected chi connectivity index (χ0v) is 17.4. The summed E-state index contributed by atoms with van der Waals surface area (Å²) in [6, 6.07) is 25.9. The molecule has 0 spiro atoms. The molecule has 1 unspecified atom stereocenters. The zero-order chi connectivity index (χ0) is 20.2. The summed E-state index contributed by atoms with van der Waals surface area (Å²) < 4.78 is 10.9. The fourth-order valence-electron chi connectivity index (χ4n) is 4.49. The van der Waals surface area contributed by atoms with E-state index in [1.54, 1.807) is 14.2 Å². The van der Waals surface area contributed by atoms with Gasteiger partial charge in [0.05, 0.1) is 14.2 Å². The second-order valence-corrected chi connectivity index (χ2v) is 7.57. The summed E-state index contributed by atoms with van der Waals surface area (Å²) in [5.41, 5.74) is 8.41. The molecule has 0 radical (unpaired) electrons.